The number of rotatable bonds is 7. The standard InChI is InChI=1S/C18H12FNO4.C12H25N3O.2ClH/c19-12-3-1-6-16-17(12)10(9-24-16)8-23-15-5-2-4-13-11(15)7-14(20-13)18(21)22;13-11-1-5-14(6-2-11)9-10-15-7-3-12(16)4-8-15;;/h1-7,9,20H,8H2,(H,21,22);11-12,16H,1-10,13H2;2*1H. The van der Waals surface area contributed by atoms with Crippen LogP contribution in [0.15, 0.2) is 53.1 Å². The maximum Gasteiger partial charge on any atom is 0.352 e. The third-order valence-electron chi connectivity index (χ3n) is 7.78. The number of aromatic carboxylic acids is 1. The third kappa shape index (κ3) is 8.37. The third-order valence-corrected chi connectivity index (χ3v) is 7.78. The highest BCUT2D eigenvalue weighted by Gasteiger charge is 2.20. The second-order valence-electron chi connectivity index (χ2n) is 10.6. The SMILES string of the molecule is Cl.Cl.NC1CCN(CCN2CCC(O)CC2)CC1.O=C(O)c1cc2c(OCc3coc4cccc(F)c34)cccc2[nH]1. The molecule has 42 heavy (non-hydrogen) atoms. The molecule has 2 saturated heterocycles. The fraction of sp³-hybridized carbons (Fsp3) is 0.433. The van der Waals surface area contributed by atoms with Gasteiger partial charge in [0.2, 0.25) is 0 Å². The molecule has 5 N–H and O–H groups in total. The molecule has 230 valence electrons. The van der Waals surface area contributed by atoms with Crippen molar-refractivity contribution in [3.63, 3.8) is 0 Å². The number of hydrogen-bond acceptors (Lipinski definition) is 7. The minimum Gasteiger partial charge on any atom is -0.488 e. The Morgan fingerprint density at radius 2 is 1.67 bits per heavy atom. The monoisotopic (exact) mass is 624 g/mol. The Hall–Kier alpha value is -2.86. The molecule has 12 heteroatoms. The number of fused-ring (bicyclic) bond motifs is 2. The van der Waals surface area contributed by atoms with Crippen LogP contribution in [-0.2, 0) is 6.61 Å². The van der Waals surface area contributed by atoms with E-state index in [-0.39, 0.29) is 49.0 Å². The van der Waals surface area contributed by atoms with E-state index in [4.69, 9.17) is 20.0 Å². The van der Waals surface area contributed by atoms with Crippen LogP contribution >= 0.6 is 24.8 Å². The van der Waals surface area contributed by atoms with E-state index in [1.807, 2.05) is 0 Å². The Morgan fingerprint density at radius 3 is 2.33 bits per heavy atom. The Bertz CT molecular complexity index is 1410. The molecule has 6 rings (SSSR count). The summed E-state index contributed by atoms with van der Waals surface area (Å²) in [6, 6.07) is 11.8. The predicted molar refractivity (Wildman–Crippen MR) is 166 cm³/mol. The highest BCUT2D eigenvalue weighted by molar-refractivity contribution is 5.96. The number of aromatic nitrogens is 1. The number of carboxylic acid groups (broad SMARTS) is 1. The summed E-state index contributed by atoms with van der Waals surface area (Å²) in [7, 11) is 0. The van der Waals surface area contributed by atoms with E-state index in [0.717, 1.165) is 58.4 Å². The van der Waals surface area contributed by atoms with Gasteiger partial charge in [0, 0.05) is 48.7 Å². The first-order chi connectivity index (χ1) is 19.4. The fourth-order valence-electron chi connectivity index (χ4n) is 5.34. The molecule has 9 nitrogen and oxygen atoms in total. The normalized spacial score (nSPS) is 16.8. The molecular formula is C30H39Cl2FN4O5. The zero-order valence-corrected chi connectivity index (χ0v) is 25.0. The number of furan rings is 1. The van der Waals surface area contributed by atoms with Crippen LogP contribution in [0, 0.1) is 5.82 Å². The van der Waals surface area contributed by atoms with Crippen LogP contribution in [0.5, 0.6) is 5.75 Å². The van der Waals surface area contributed by atoms with Crippen molar-refractivity contribution in [2.75, 3.05) is 39.3 Å². The van der Waals surface area contributed by atoms with Crippen LogP contribution in [0.1, 0.15) is 41.7 Å². The molecule has 4 heterocycles. The van der Waals surface area contributed by atoms with Crippen molar-refractivity contribution >= 4 is 52.7 Å². The van der Waals surface area contributed by atoms with Gasteiger partial charge in [-0.2, -0.15) is 0 Å². The van der Waals surface area contributed by atoms with E-state index >= 15 is 0 Å². The molecule has 0 aliphatic carbocycles. The fourth-order valence-corrected chi connectivity index (χ4v) is 5.34. The quantitative estimate of drug-likeness (QED) is 0.225. The number of nitrogens with two attached hydrogens (primary N) is 1. The van der Waals surface area contributed by atoms with Gasteiger partial charge in [0.1, 0.15) is 29.5 Å². The van der Waals surface area contributed by atoms with Crippen LogP contribution < -0.4 is 10.5 Å². The van der Waals surface area contributed by atoms with Crippen molar-refractivity contribution < 1.29 is 28.6 Å². The zero-order valence-electron chi connectivity index (χ0n) is 23.3. The maximum absolute atomic E-state index is 14.0. The van der Waals surface area contributed by atoms with Gasteiger partial charge in [0.05, 0.1) is 17.8 Å². The first kappa shape index (κ1) is 33.6. The largest absolute Gasteiger partial charge is 0.488 e. The van der Waals surface area contributed by atoms with Crippen molar-refractivity contribution in [3.05, 3.63) is 65.8 Å². The molecule has 0 spiro atoms. The van der Waals surface area contributed by atoms with Crippen LogP contribution in [0.4, 0.5) is 4.39 Å². The lowest BCUT2D eigenvalue weighted by Gasteiger charge is -2.34. The highest BCUT2D eigenvalue weighted by Crippen LogP contribution is 2.29. The molecule has 0 amide bonds. The number of ether oxygens (including phenoxy) is 1. The van der Waals surface area contributed by atoms with E-state index in [0.29, 0.717) is 39.2 Å². The number of H-pyrrole nitrogens is 1. The molecule has 2 aliphatic heterocycles. The van der Waals surface area contributed by atoms with E-state index in [1.165, 1.54) is 24.9 Å². The van der Waals surface area contributed by atoms with Gasteiger partial charge in [-0.15, -0.1) is 24.8 Å². The van der Waals surface area contributed by atoms with Gasteiger partial charge in [-0.25, -0.2) is 9.18 Å². The van der Waals surface area contributed by atoms with Crippen LogP contribution in [0.25, 0.3) is 21.9 Å². The van der Waals surface area contributed by atoms with Crippen molar-refractivity contribution in [2.24, 2.45) is 5.73 Å². The van der Waals surface area contributed by atoms with Gasteiger partial charge < -0.3 is 39.9 Å². The molecule has 0 atom stereocenters. The van der Waals surface area contributed by atoms with Crippen molar-refractivity contribution in [1.82, 2.24) is 14.8 Å². The topological polar surface area (TPSA) is 128 Å². The first-order valence-corrected chi connectivity index (χ1v) is 13.9. The minimum atomic E-state index is -1.04. The smallest absolute Gasteiger partial charge is 0.352 e. The summed E-state index contributed by atoms with van der Waals surface area (Å²) in [4.78, 5) is 18.9. The highest BCUT2D eigenvalue weighted by atomic mass is 35.5. The van der Waals surface area contributed by atoms with Crippen LogP contribution in [0.2, 0.25) is 0 Å². The number of nitrogens with one attached hydrogen (secondary N) is 1. The molecule has 2 aromatic heterocycles. The predicted octanol–water partition coefficient (Wildman–Crippen LogP) is 5.04. The lowest BCUT2D eigenvalue weighted by Crippen LogP contribution is -2.45. The van der Waals surface area contributed by atoms with Gasteiger partial charge in [-0.05, 0) is 69.1 Å². The van der Waals surface area contributed by atoms with Crippen molar-refractivity contribution in [2.45, 2.75) is 44.4 Å². The van der Waals surface area contributed by atoms with E-state index < -0.39 is 5.97 Å². The lowest BCUT2D eigenvalue weighted by molar-refractivity contribution is 0.0691. The maximum atomic E-state index is 14.0. The van der Waals surface area contributed by atoms with Crippen LogP contribution in [0.3, 0.4) is 0 Å². The lowest BCUT2D eigenvalue weighted by atomic mass is 10.1. The van der Waals surface area contributed by atoms with Gasteiger partial charge in [0.25, 0.3) is 0 Å². The number of likely N-dealkylation sites (tertiary alicyclic amines) is 2. The average Bonchev–Trinajstić information content (AvgIpc) is 3.59. The second-order valence-corrected chi connectivity index (χ2v) is 10.6. The Balaban J connectivity index is 0.000000237. The minimum absolute atomic E-state index is 0. The van der Waals surface area contributed by atoms with Crippen LogP contribution in [-0.4, -0.2) is 82.4 Å². The molecule has 2 aromatic carbocycles. The number of nitrogens with zero attached hydrogens (tertiary/aromatic N) is 2. The first-order valence-electron chi connectivity index (χ1n) is 13.9. The summed E-state index contributed by atoms with van der Waals surface area (Å²) < 4.78 is 25.1. The van der Waals surface area contributed by atoms with E-state index in [2.05, 4.69) is 14.8 Å². The molecule has 2 fully saturated rings. The van der Waals surface area contributed by atoms with E-state index in [1.54, 1.807) is 30.3 Å². The summed E-state index contributed by atoms with van der Waals surface area (Å²) in [5.74, 6) is -0.894. The number of carboxylic acids is 1. The summed E-state index contributed by atoms with van der Waals surface area (Å²) in [5.41, 5.74) is 7.68. The van der Waals surface area contributed by atoms with Gasteiger partial charge >= 0.3 is 5.97 Å². The summed E-state index contributed by atoms with van der Waals surface area (Å²) in [5, 5.41) is 19.6. The molecule has 2 aliphatic rings. The average molecular weight is 626 g/mol. The van der Waals surface area contributed by atoms with Gasteiger partial charge in [-0.3, -0.25) is 0 Å². The van der Waals surface area contributed by atoms with Crippen molar-refractivity contribution in [1.29, 1.82) is 0 Å². The number of aliphatic hydroxyl groups is 1. The number of benzene rings is 2. The molecular weight excluding hydrogens is 586 g/mol. The number of hydrogen-bond donors (Lipinski definition) is 4. The Labute approximate surface area is 256 Å². The molecule has 0 unspecified atom stereocenters. The number of halogens is 3. The van der Waals surface area contributed by atoms with Gasteiger partial charge in [-0.1, -0.05) is 12.1 Å². The summed E-state index contributed by atoms with van der Waals surface area (Å²) >= 11 is 0. The number of piperidine rings is 2. The Morgan fingerprint density at radius 1 is 1.02 bits per heavy atom. The summed E-state index contributed by atoms with van der Waals surface area (Å²) in [6.07, 6.45) is 5.62. The molecule has 4 aromatic rings. The van der Waals surface area contributed by atoms with E-state index in [9.17, 15) is 14.3 Å². The molecule has 0 bridgehead atoms. The Kier molecular flexibility index (Phi) is 12.5. The van der Waals surface area contributed by atoms with Crippen molar-refractivity contribution in [3.8, 4) is 5.75 Å². The number of carbonyl (C=O) groups is 1. The van der Waals surface area contributed by atoms with Gasteiger partial charge in [0.15, 0.2) is 0 Å². The number of aromatic amines is 1. The second kappa shape index (κ2) is 15.6. The molecule has 0 saturated carbocycles. The molecule has 0 radical (unpaired) electrons. The zero-order chi connectivity index (χ0) is 28.1. The summed E-state index contributed by atoms with van der Waals surface area (Å²) in [6.45, 7) is 6.89. The number of aliphatic hydroxyl groups excluding tert-OH is 1.